The van der Waals surface area contributed by atoms with Crippen molar-refractivity contribution in [2.24, 2.45) is 0 Å². The molecule has 20 heavy (non-hydrogen) atoms. The Hall–Kier alpha value is -1.47. The van der Waals surface area contributed by atoms with Crippen molar-refractivity contribution in [2.45, 2.75) is 31.6 Å². The van der Waals surface area contributed by atoms with E-state index in [1.54, 1.807) is 7.11 Å². The fraction of sp³-hybridized carbons (Fsp3) is 0.333. The van der Waals surface area contributed by atoms with Crippen LogP contribution < -0.4 is 4.74 Å². The van der Waals surface area contributed by atoms with Crippen LogP contribution in [0, 0.1) is 6.92 Å². The van der Waals surface area contributed by atoms with Gasteiger partial charge < -0.3 is 4.74 Å². The zero-order chi connectivity index (χ0) is 14.1. The molecule has 0 saturated carbocycles. The van der Waals surface area contributed by atoms with Crippen LogP contribution >= 0.6 is 11.6 Å². The Morgan fingerprint density at radius 2 is 1.85 bits per heavy atom. The van der Waals surface area contributed by atoms with Crippen LogP contribution in [-0.2, 0) is 12.8 Å². The van der Waals surface area contributed by atoms with Crippen molar-refractivity contribution in [1.82, 2.24) is 0 Å². The van der Waals surface area contributed by atoms with E-state index in [9.17, 15) is 0 Å². The van der Waals surface area contributed by atoms with Crippen molar-refractivity contribution in [3.8, 4) is 5.75 Å². The molecule has 1 aliphatic carbocycles. The van der Waals surface area contributed by atoms with Crippen molar-refractivity contribution in [3.63, 3.8) is 0 Å². The highest BCUT2D eigenvalue weighted by Gasteiger charge is 2.17. The average Bonchev–Trinajstić information content (AvgIpc) is 2.93. The Morgan fingerprint density at radius 1 is 1.05 bits per heavy atom. The molecule has 0 spiro atoms. The SMILES string of the molecule is COc1ccc(C(Cl)c2ccc3c(c2)CCC3)c(C)c1. The molecule has 104 valence electrons. The van der Waals surface area contributed by atoms with Gasteiger partial charge in [-0.05, 0) is 66.1 Å². The van der Waals surface area contributed by atoms with Gasteiger partial charge in [0.05, 0.1) is 12.5 Å². The van der Waals surface area contributed by atoms with Gasteiger partial charge in [0.25, 0.3) is 0 Å². The average molecular weight is 287 g/mol. The largest absolute Gasteiger partial charge is 0.497 e. The quantitative estimate of drug-likeness (QED) is 0.735. The maximum absolute atomic E-state index is 6.69. The molecular weight excluding hydrogens is 268 g/mol. The number of hydrogen-bond acceptors (Lipinski definition) is 1. The molecule has 0 saturated heterocycles. The fourth-order valence-electron chi connectivity index (χ4n) is 2.99. The van der Waals surface area contributed by atoms with E-state index in [0.717, 1.165) is 11.3 Å². The molecule has 2 aromatic rings. The summed E-state index contributed by atoms with van der Waals surface area (Å²) < 4.78 is 5.25. The fourth-order valence-corrected chi connectivity index (χ4v) is 3.37. The van der Waals surface area contributed by atoms with Gasteiger partial charge in [-0.2, -0.15) is 0 Å². The summed E-state index contributed by atoms with van der Waals surface area (Å²) in [6.45, 7) is 2.08. The molecule has 0 N–H and O–H groups in total. The smallest absolute Gasteiger partial charge is 0.119 e. The lowest BCUT2D eigenvalue weighted by molar-refractivity contribution is 0.414. The summed E-state index contributed by atoms with van der Waals surface area (Å²) in [5.74, 6) is 0.879. The standard InChI is InChI=1S/C18H19ClO/c1-12-10-16(20-2)8-9-17(12)18(19)15-7-6-13-4-3-5-14(13)11-15/h6-11,18H,3-5H2,1-2H3. The van der Waals surface area contributed by atoms with Crippen LogP contribution in [0.25, 0.3) is 0 Å². The first-order chi connectivity index (χ1) is 9.69. The molecule has 0 fully saturated rings. The van der Waals surface area contributed by atoms with E-state index >= 15 is 0 Å². The van der Waals surface area contributed by atoms with Gasteiger partial charge in [-0.15, -0.1) is 11.6 Å². The lowest BCUT2D eigenvalue weighted by Crippen LogP contribution is -1.98. The highest BCUT2D eigenvalue weighted by Crippen LogP contribution is 2.35. The first-order valence-electron chi connectivity index (χ1n) is 7.09. The Kier molecular flexibility index (Phi) is 3.71. The normalized spacial score (nSPS) is 14.9. The Morgan fingerprint density at radius 3 is 2.60 bits per heavy atom. The van der Waals surface area contributed by atoms with Gasteiger partial charge in [-0.25, -0.2) is 0 Å². The van der Waals surface area contributed by atoms with E-state index < -0.39 is 0 Å². The lowest BCUT2D eigenvalue weighted by atomic mass is 9.97. The Balaban J connectivity index is 1.94. The van der Waals surface area contributed by atoms with Gasteiger partial charge in [-0.3, -0.25) is 0 Å². The number of benzene rings is 2. The lowest BCUT2D eigenvalue weighted by Gasteiger charge is -2.15. The Bertz CT molecular complexity index is 633. The second kappa shape index (κ2) is 5.49. The maximum Gasteiger partial charge on any atom is 0.119 e. The van der Waals surface area contributed by atoms with Crippen LogP contribution in [0.1, 0.15) is 39.6 Å². The molecular formula is C18H19ClO. The summed E-state index contributed by atoms with van der Waals surface area (Å²) >= 11 is 6.69. The first-order valence-corrected chi connectivity index (χ1v) is 7.53. The predicted molar refractivity (Wildman–Crippen MR) is 83.9 cm³/mol. The molecule has 0 aromatic heterocycles. The number of alkyl halides is 1. The summed E-state index contributed by atoms with van der Waals surface area (Å²) in [7, 11) is 1.69. The summed E-state index contributed by atoms with van der Waals surface area (Å²) in [5, 5.41) is -0.0909. The number of ether oxygens (including phenoxy) is 1. The van der Waals surface area contributed by atoms with Gasteiger partial charge in [0.2, 0.25) is 0 Å². The van der Waals surface area contributed by atoms with Crippen LogP contribution in [0.4, 0.5) is 0 Å². The molecule has 1 unspecified atom stereocenters. The van der Waals surface area contributed by atoms with Crippen molar-refractivity contribution < 1.29 is 4.74 Å². The zero-order valence-corrected chi connectivity index (χ0v) is 12.7. The van der Waals surface area contributed by atoms with Crippen LogP contribution in [0.15, 0.2) is 36.4 Å². The Labute approximate surface area is 125 Å². The number of rotatable bonds is 3. The minimum Gasteiger partial charge on any atom is -0.497 e. The molecule has 0 heterocycles. The number of halogens is 1. The monoisotopic (exact) mass is 286 g/mol. The van der Waals surface area contributed by atoms with Gasteiger partial charge in [0.1, 0.15) is 5.75 Å². The molecule has 2 aromatic carbocycles. The van der Waals surface area contributed by atoms with Gasteiger partial charge in [0, 0.05) is 0 Å². The molecule has 0 amide bonds. The summed E-state index contributed by atoms with van der Waals surface area (Å²) in [4.78, 5) is 0. The molecule has 1 atom stereocenters. The minimum atomic E-state index is -0.0909. The van der Waals surface area contributed by atoms with Gasteiger partial charge in [-0.1, -0.05) is 24.3 Å². The third kappa shape index (κ3) is 2.43. The van der Waals surface area contributed by atoms with Gasteiger partial charge >= 0.3 is 0 Å². The van der Waals surface area contributed by atoms with Gasteiger partial charge in [0.15, 0.2) is 0 Å². The second-order valence-corrected chi connectivity index (χ2v) is 5.90. The molecule has 3 rings (SSSR count). The second-order valence-electron chi connectivity index (χ2n) is 5.47. The van der Waals surface area contributed by atoms with E-state index in [1.165, 1.54) is 41.5 Å². The van der Waals surface area contributed by atoms with Crippen molar-refractivity contribution in [2.75, 3.05) is 7.11 Å². The van der Waals surface area contributed by atoms with E-state index in [4.69, 9.17) is 16.3 Å². The highest BCUT2D eigenvalue weighted by atomic mass is 35.5. The molecule has 2 heteroatoms. The van der Waals surface area contributed by atoms with Crippen molar-refractivity contribution >= 4 is 11.6 Å². The minimum absolute atomic E-state index is 0.0909. The van der Waals surface area contributed by atoms with Crippen LogP contribution in [-0.4, -0.2) is 7.11 Å². The summed E-state index contributed by atoms with van der Waals surface area (Å²) in [6.07, 6.45) is 3.67. The third-order valence-corrected chi connectivity index (χ3v) is 4.65. The molecule has 1 aliphatic rings. The predicted octanol–water partition coefficient (Wildman–Crippen LogP) is 4.82. The van der Waals surface area contributed by atoms with Crippen LogP contribution in [0.2, 0.25) is 0 Å². The number of fused-ring (bicyclic) bond motifs is 1. The third-order valence-electron chi connectivity index (χ3n) is 4.17. The van der Waals surface area contributed by atoms with E-state index in [0.29, 0.717) is 0 Å². The first kappa shape index (κ1) is 13.5. The zero-order valence-electron chi connectivity index (χ0n) is 11.9. The van der Waals surface area contributed by atoms with E-state index in [1.807, 2.05) is 12.1 Å². The number of aryl methyl sites for hydroxylation is 3. The van der Waals surface area contributed by atoms with E-state index in [-0.39, 0.29) is 5.38 Å². The van der Waals surface area contributed by atoms with E-state index in [2.05, 4.69) is 31.2 Å². The van der Waals surface area contributed by atoms with Crippen molar-refractivity contribution in [3.05, 3.63) is 64.2 Å². The van der Waals surface area contributed by atoms with Crippen LogP contribution in [0.5, 0.6) is 5.75 Å². The maximum atomic E-state index is 6.69. The summed E-state index contributed by atoms with van der Waals surface area (Å²) in [6, 6.07) is 12.8. The molecule has 0 aliphatic heterocycles. The molecule has 0 radical (unpaired) electrons. The highest BCUT2D eigenvalue weighted by molar-refractivity contribution is 6.22. The number of hydrogen-bond donors (Lipinski definition) is 0. The van der Waals surface area contributed by atoms with Crippen LogP contribution in [0.3, 0.4) is 0 Å². The summed E-state index contributed by atoms with van der Waals surface area (Å²) in [5.41, 5.74) is 6.49. The topological polar surface area (TPSA) is 9.23 Å². The van der Waals surface area contributed by atoms with Crippen molar-refractivity contribution in [1.29, 1.82) is 0 Å². The number of methoxy groups -OCH3 is 1. The molecule has 1 nitrogen and oxygen atoms in total. The molecule has 0 bridgehead atoms.